The van der Waals surface area contributed by atoms with Gasteiger partial charge in [-0.3, -0.25) is 9.97 Å². The molecule has 0 saturated carbocycles. The molecule has 4 rings (SSSR count). The van der Waals surface area contributed by atoms with E-state index >= 15 is 0 Å². The van der Waals surface area contributed by atoms with Gasteiger partial charge in [0.15, 0.2) is 6.29 Å². The summed E-state index contributed by atoms with van der Waals surface area (Å²) in [6.07, 6.45) is 5.15. The number of aryl methyl sites for hydroxylation is 1. The third-order valence-electron chi connectivity index (χ3n) is 4.95. The SMILES string of the molecule is COc1ccc2nccc(CC[C@H]3OC[C@H](NCc4ccccn4)CO3)c2c1. The molecule has 1 aliphatic rings. The number of methoxy groups -OCH3 is 1. The highest BCUT2D eigenvalue weighted by Gasteiger charge is 2.22. The van der Waals surface area contributed by atoms with Gasteiger partial charge < -0.3 is 19.5 Å². The highest BCUT2D eigenvalue weighted by molar-refractivity contribution is 5.83. The zero-order valence-electron chi connectivity index (χ0n) is 16.0. The summed E-state index contributed by atoms with van der Waals surface area (Å²) in [6, 6.07) is 14.1. The minimum absolute atomic E-state index is 0.179. The summed E-state index contributed by atoms with van der Waals surface area (Å²) in [5.41, 5.74) is 3.22. The third kappa shape index (κ3) is 4.65. The Morgan fingerprint density at radius 2 is 1.96 bits per heavy atom. The summed E-state index contributed by atoms with van der Waals surface area (Å²) in [7, 11) is 1.68. The van der Waals surface area contributed by atoms with Gasteiger partial charge in [-0.15, -0.1) is 0 Å². The number of nitrogens with one attached hydrogen (secondary N) is 1. The van der Waals surface area contributed by atoms with E-state index in [1.807, 2.05) is 42.6 Å². The monoisotopic (exact) mass is 379 g/mol. The van der Waals surface area contributed by atoms with Crippen LogP contribution in [0.2, 0.25) is 0 Å². The smallest absolute Gasteiger partial charge is 0.158 e. The first-order valence-electron chi connectivity index (χ1n) is 9.60. The van der Waals surface area contributed by atoms with E-state index in [1.165, 1.54) is 5.56 Å². The van der Waals surface area contributed by atoms with Crippen molar-refractivity contribution < 1.29 is 14.2 Å². The molecule has 0 unspecified atom stereocenters. The van der Waals surface area contributed by atoms with Crippen LogP contribution in [0.1, 0.15) is 17.7 Å². The molecule has 1 aromatic carbocycles. The Morgan fingerprint density at radius 1 is 1.07 bits per heavy atom. The van der Waals surface area contributed by atoms with E-state index in [1.54, 1.807) is 13.3 Å². The number of pyridine rings is 2. The van der Waals surface area contributed by atoms with Crippen LogP contribution < -0.4 is 10.1 Å². The number of aromatic nitrogens is 2. The van der Waals surface area contributed by atoms with Crippen molar-refractivity contribution in [2.75, 3.05) is 20.3 Å². The predicted octanol–water partition coefficient (Wildman–Crippen LogP) is 3.10. The van der Waals surface area contributed by atoms with Crippen LogP contribution in [0.4, 0.5) is 0 Å². The first-order chi connectivity index (χ1) is 13.8. The molecule has 28 heavy (non-hydrogen) atoms. The highest BCUT2D eigenvalue weighted by Crippen LogP contribution is 2.24. The number of fused-ring (bicyclic) bond motifs is 1. The summed E-state index contributed by atoms with van der Waals surface area (Å²) < 4.78 is 17.2. The van der Waals surface area contributed by atoms with Gasteiger partial charge in [0.1, 0.15) is 5.75 Å². The molecule has 0 spiro atoms. The molecular formula is C22H25N3O3. The molecule has 1 N–H and O–H groups in total. The second-order valence-electron chi connectivity index (χ2n) is 6.89. The van der Waals surface area contributed by atoms with Gasteiger partial charge in [-0.2, -0.15) is 0 Å². The van der Waals surface area contributed by atoms with Crippen molar-refractivity contribution in [1.82, 2.24) is 15.3 Å². The summed E-state index contributed by atoms with van der Waals surface area (Å²) in [4.78, 5) is 8.76. The Bertz CT molecular complexity index is 896. The van der Waals surface area contributed by atoms with Crippen molar-refractivity contribution in [3.8, 4) is 5.75 Å². The molecule has 0 amide bonds. The van der Waals surface area contributed by atoms with Crippen LogP contribution in [0.5, 0.6) is 5.75 Å². The number of hydrogen-bond donors (Lipinski definition) is 1. The van der Waals surface area contributed by atoms with Crippen molar-refractivity contribution in [3.05, 3.63) is 66.1 Å². The van der Waals surface area contributed by atoms with Crippen molar-refractivity contribution in [3.63, 3.8) is 0 Å². The molecule has 1 saturated heterocycles. The Hall–Kier alpha value is -2.54. The van der Waals surface area contributed by atoms with Gasteiger partial charge in [0.2, 0.25) is 0 Å². The lowest BCUT2D eigenvalue weighted by Crippen LogP contribution is -2.44. The second-order valence-corrected chi connectivity index (χ2v) is 6.89. The number of rotatable bonds is 7. The topological polar surface area (TPSA) is 65.5 Å². The fraction of sp³-hybridized carbons (Fsp3) is 0.364. The first-order valence-corrected chi connectivity index (χ1v) is 9.60. The fourth-order valence-electron chi connectivity index (χ4n) is 3.38. The molecule has 0 bridgehead atoms. The summed E-state index contributed by atoms with van der Waals surface area (Å²) in [6.45, 7) is 2.00. The number of ether oxygens (including phenoxy) is 3. The van der Waals surface area contributed by atoms with Crippen LogP contribution in [0.3, 0.4) is 0 Å². The molecule has 0 radical (unpaired) electrons. The highest BCUT2D eigenvalue weighted by atomic mass is 16.7. The third-order valence-corrected chi connectivity index (χ3v) is 4.95. The molecular weight excluding hydrogens is 354 g/mol. The van der Waals surface area contributed by atoms with Gasteiger partial charge >= 0.3 is 0 Å². The Morgan fingerprint density at radius 3 is 2.75 bits per heavy atom. The molecule has 0 atom stereocenters. The normalized spacial score (nSPS) is 19.6. The number of benzene rings is 1. The lowest BCUT2D eigenvalue weighted by atomic mass is 10.0. The van der Waals surface area contributed by atoms with E-state index in [4.69, 9.17) is 14.2 Å². The molecule has 6 nitrogen and oxygen atoms in total. The minimum atomic E-state index is -0.179. The van der Waals surface area contributed by atoms with Crippen LogP contribution in [-0.2, 0) is 22.4 Å². The summed E-state index contributed by atoms with van der Waals surface area (Å²) in [5, 5.41) is 4.55. The largest absolute Gasteiger partial charge is 0.497 e. The summed E-state index contributed by atoms with van der Waals surface area (Å²) >= 11 is 0. The van der Waals surface area contributed by atoms with Crippen LogP contribution in [-0.4, -0.2) is 42.6 Å². The van der Waals surface area contributed by atoms with Gasteiger partial charge in [-0.1, -0.05) is 6.07 Å². The maximum atomic E-state index is 5.91. The standard InChI is InChI=1S/C22H25N3O3/c1-26-19-6-7-21-20(12-19)16(9-11-24-21)5-8-22-27-14-18(15-28-22)25-13-17-4-2-3-10-23-17/h2-4,6-7,9-12,18,22,25H,5,8,13-15H2,1H3/t18-,22-. The van der Waals surface area contributed by atoms with Gasteiger partial charge in [0, 0.05) is 30.7 Å². The zero-order valence-corrected chi connectivity index (χ0v) is 16.0. The van der Waals surface area contributed by atoms with E-state index in [-0.39, 0.29) is 12.3 Å². The Kier molecular flexibility index (Phi) is 6.11. The van der Waals surface area contributed by atoms with Crippen LogP contribution in [0.25, 0.3) is 10.9 Å². The Balaban J connectivity index is 1.28. The van der Waals surface area contributed by atoms with Crippen molar-refractivity contribution in [2.24, 2.45) is 0 Å². The molecule has 1 aliphatic heterocycles. The predicted molar refractivity (Wildman–Crippen MR) is 107 cm³/mol. The van der Waals surface area contributed by atoms with Gasteiger partial charge in [-0.05, 0) is 48.4 Å². The minimum Gasteiger partial charge on any atom is -0.497 e. The van der Waals surface area contributed by atoms with Crippen molar-refractivity contribution >= 4 is 10.9 Å². The summed E-state index contributed by atoms with van der Waals surface area (Å²) in [5.74, 6) is 0.841. The molecule has 6 heteroatoms. The average Bonchev–Trinajstić information content (AvgIpc) is 2.77. The van der Waals surface area contributed by atoms with E-state index < -0.39 is 0 Å². The Labute approximate surface area is 164 Å². The van der Waals surface area contributed by atoms with E-state index in [0.29, 0.717) is 19.8 Å². The van der Waals surface area contributed by atoms with Crippen molar-refractivity contribution in [1.29, 1.82) is 0 Å². The van der Waals surface area contributed by atoms with E-state index in [9.17, 15) is 0 Å². The van der Waals surface area contributed by atoms with Crippen LogP contribution in [0, 0.1) is 0 Å². The first kappa shape index (κ1) is 18.8. The lowest BCUT2D eigenvalue weighted by molar-refractivity contribution is -0.192. The molecule has 0 aliphatic carbocycles. The molecule has 3 aromatic rings. The molecule has 146 valence electrons. The number of hydrogen-bond acceptors (Lipinski definition) is 6. The zero-order chi connectivity index (χ0) is 19.2. The maximum absolute atomic E-state index is 5.91. The molecule has 1 fully saturated rings. The van der Waals surface area contributed by atoms with Crippen LogP contribution >= 0.6 is 0 Å². The van der Waals surface area contributed by atoms with E-state index in [0.717, 1.165) is 35.2 Å². The average molecular weight is 379 g/mol. The number of nitrogens with zero attached hydrogens (tertiary/aromatic N) is 2. The second kappa shape index (κ2) is 9.10. The van der Waals surface area contributed by atoms with E-state index in [2.05, 4.69) is 21.4 Å². The van der Waals surface area contributed by atoms with Crippen molar-refractivity contribution in [2.45, 2.75) is 31.7 Å². The lowest BCUT2D eigenvalue weighted by Gasteiger charge is -2.30. The quantitative estimate of drug-likeness (QED) is 0.681. The fourth-order valence-corrected chi connectivity index (χ4v) is 3.38. The molecule has 3 heterocycles. The van der Waals surface area contributed by atoms with Gasteiger partial charge in [0.25, 0.3) is 0 Å². The maximum Gasteiger partial charge on any atom is 0.158 e. The van der Waals surface area contributed by atoms with Gasteiger partial charge in [-0.25, -0.2) is 0 Å². The van der Waals surface area contributed by atoms with Crippen LogP contribution in [0.15, 0.2) is 54.9 Å². The molecule has 2 aromatic heterocycles. The van der Waals surface area contributed by atoms with Gasteiger partial charge in [0.05, 0.1) is 37.6 Å².